The van der Waals surface area contributed by atoms with Crippen LogP contribution in [-0.4, -0.2) is 13.6 Å². The van der Waals surface area contributed by atoms with Crippen LogP contribution in [0.2, 0.25) is 5.02 Å². The fourth-order valence-corrected chi connectivity index (χ4v) is 1.43. The molecule has 1 aromatic carbocycles. The van der Waals surface area contributed by atoms with Gasteiger partial charge in [-0.2, -0.15) is 0 Å². The molecular formula is C10H14ClN. The van der Waals surface area contributed by atoms with E-state index in [1.54, 1.807) is 0 Å². The molecular weight excluding hydrogens is 170 g/mol. The Hall–Kier alpha value is -0.530. The maximum absolute atomic E-state index is 5.84. The first kappa shape index (κ1) is 9.56. The normalized spacial score (nSPS) is 10.2. The molecule has 0 aliphatic carbocycles. The van der Waals surface area contributed by atoms with Crippen LogP contribution in [-0.2, 0) is 6.42 Å². The molecule has 0 saturated heterocycles. The van der Waals surface area contributed by atoms with Gasteiger partial charge in [-0.3, -0.25) is 0 Å². The van der Waals surface area contributed by atoms with Gasteiger partial charge in [-0.05, 0) is 50.2 Å². The van der Waals surface area contributed by atoms with Gasteiger partial charge in [0.1, 0.15) is 0 Å². The summed E-state index contributed by atoms with van der Waals surface area (Å²) in [5.74, 6) is 0. The van der Waals surface area contributed by atoms with Gasteiger partial charge in [-0.25, -0.2) is 0 Å². The first-order chi connectivity index (χ1) is 5.74. The van der Waals surface area contributed by atoms with Crippen molar-refractivity contribution in [3.63, 3.8) is 0 Å². The van der Waals surface area contributed by atoms with Crippen molar-refractivity contribution in [1.29, 1.82) is 0 Å². The van der Waals surface area contributed by atoms with Gasteiger partial charge in [0, 0.05) is 5.02 Å². The molecule has 0 aliphatic rings. The summed E-state index contributed by atoms with van der Waals surface area (Å²) >= 11 is 5.84. The van der Waals surface area contributed by atoms with Crippen molar-refractivity contribution >= 4 is 11.6 Å². The van der Waals surface area contributed by atoms with Crippen LogP contribution in [0, 0.1) is 6.92 Å². The van der Waals surface area contributed by atoms with Gasteiger partial charge in [0.25, 0.3) is 0 Å². The van der Waals surface area contributed by atoms with Crippen molar-refractivity contribution in [2.45, 2.75) is 13.3 Å². The monoisotopic (exact) mass is 183 g/mol. The minimum atomic E-state index is 0.820. The third kappa shape index (κ3) is 2.50. The van der Waals surface area contributed by atoms with E-state index in [0.717, 1.165) is 18.0 Å². The van der Waals surface area contributed by atoms with Gasteiger partial charge in [-0.15, -0.1) is 0 Å². The van der Waals surface area contributed by atoms with Crippen molar-refractivity contribution in [2.24, 2.45) is 0 Å². The number of nitrogens with one attached hydrogen (secondary N) is 1. The Balaban J connectivity index is 2.72. The summed E-state index contributed by atoms with van der Waals surface area (Å²) < 4.78 is 0. The third-order valence-corrected chi connectivity index (χ3v) is 2.18. The third-order valence-electron chi connectivity index (χ3n) is 1.95. The van der Waals surface area contributed by atoms with E-state index < -0.39 is 0 Å². The first-order valence-electron chi connectivity index (χ1n) is 4.13. The van der Waals surface area contributed by atoms with E-state index in [2.05, 4.69) is 18.3 Å². The zero-order valence-electron chi connectivity index (χ0n) is 7.52. The average molecular weight is 184 g/mol. The second kappa shape index (κ2) is 4.48. The summed E-state index contributed by atoms with van der Waals surface area (Å²) in [7, 11) is 1.96. The van der Waals surface area contributed by atoms with Crippen LogP contribution in [0.25, 0.3) is 0 Å². The number of rotatable bonds is 3. The predicted molar refractivity (Wildman–Crippen MR) is 53.8 cm³/mol. The lowest BCUT2D eigenvalue weighted by molar-refractivity contribution is 0.788. The smallest absolute Gasteiger partial charge is 0.0408 e. The Morgan fingerprint density at radius 2 is 2.17 bits per heavy atom. The highest BCUT2D eigenvalue weighted by molar-refractivity contribution is 6.30. The number of halogens is 1. The molecule has 0 aliphatic heterocycles. The average Bonchev–Trinajstić information content (AvgIpc) is 2.03. The summed E-state index contributed by atoms with van der Waals surface area (Å²) in [6.07, 6.45) is 1.07. The van der Waals surface area contributed by atoms with E-state index in [9.17, 15) is 0 Å². The lowest BCUT2D eigenvalue weighted by Gasteiger charge is -2.04. The fourth-order valence-electron chi connectivity index (χ4n) is 1.20. The lowest BCUT2D eigenvalue weighted by Crippen LogP contribution is -2.10. The molecule has 0 aromatic heterocycles. The molecule has 0 heterocycles. The van der Waals surface area contributed by atoms with Crippen molar-refractivity contribution in [3.05, 3.63) is 34.3 Å². The van der Waals surface area contributed by atoms with Crippen molar-refractivity contribution < 1.29 is 0 Å². The first-order valence-corrected chi connectivity index (χ1v) is 4.51. The van der Waals surface area contributed by atoms with E-state index in [0.29, 0.717) is 0 Å². The van der Waals surface area contributed by atoms with E-state index >= 15 is 0 Å². The van der Waals surface area contributed by atoms with E-state index in [4.69, 9.17) is 11.6 Å². The Bertz CT molecular complexity index is 258. The summed E-state index contributed by atoms with van der Waals surface area (Å²) in [6.45, 7) is 3.11. The van der Waals surface area contributed by atoms with Crippen LogP contribution in [0.4, 0.5) is 0 Å². The van der Waals surface area contributed by atoms with Crippen LogP contribution in [0.1, 0.15) is 11.1 Å². The Morgan fingerprint density at radius 3 is 2.75 bits per heavy atom. The molecule has 2 heteroatoms. The van der Waals surface area contributed by atoms with E-state index in [-0.39, 0.29) is 0 Å². The molecule has 0 atom stereocenters. The highest BCUT2D eigenvalue weighted by Gasteiger charge is 1.97. The van der Waals surface area contributed by atoms with Crippen LogP contribution < -0.4 is 5.32 Å². The minimum absolute atomic E-state index is 0.820. The minimum Gasteiger partial charge on any atom is -0.319 e. The number of likely N-dealkylation sites (N-methyl/N-ethyl adjacent to an activating group) is 1. The summed E-state index contributed by atoms with van der Waals surface area (Å²) in [6, 6.07) is 6.04. The van der Waals surface area contributed by atoms with Crippen LogP contribution in [0.15, 0.2) is 18.2 Å². The number of benzene rings is 1. The van der Waals surface area contributed by atoms with Crippen molar-refractivity contribution in [2.75, 3.05) is 13.6 Å². The van der Waals surface area contributed by atoms with Gasteiger partial charge >= 0.3 is 0 Å². The molecule has 0 radical (unpaired) electrons. The van der Waals surface area contributed by atoms with Crippen molar-refractivity contribution in [3.8, 4) is 0 Å². The number of hydrogen-bond acceptors (Lipinski definition) is 1. The summed E-state index contributed by atoms with van der Waals surface area (Å²) in [5, 5.41) is 3.95. The summed E-state index contributed by atoms with van der Waals surface area (Å²) in [4.78, 5) is 0. The zero-order valence-corrected chi connectivity index (χ0v) is 8.28. The second-order valence-corrected chi connectivity index (χ2v) is 3.36. The highest BCUT2D eigenvalue weighted by Crippen LogP contribution is 2.15. The van der Waals surface area contributed by atoms with Crippen molar-refractivity contribution in [1.82, 2.24) is 5.32 Å². The van der Waals surface area contributed by atoms with Crippen LogP contribution in [0.3, 0.4) is 0 Å². The van der Waals surface area contributed by atoms with Gasteiger partial charge in [0.2, 0.25) is 0 Å². The molecule has 66 valence electrons. The molecule has 1 nitrogen and oxygen atoms in total. The molecule has 1 aromatic rings. The molecule has 0 amide bonds. The molecule has 12 heavy (non-hydrogen) atoms. The topological polar surface area (TPSA) is 12.0 Å². The number of aryl methyl sites for hydroxylation is 1. The Kier molecular flexibility index (Phi) is 3.57. The summed E-state index contributed by atoms with van der Waals surface area (Å²) in [5.41, 5.74) is 2.64. The maximum atomic E-state index is 5.84. The molecule has 0 saturated carbocycles. The van der Waals surface area contributed by atoms with E-state index in [1.807, 2.05) is 19.2 Å². The van der Waals surface area contributed by atoms with E-state index in [1.165, 1.54) is 11.1 Å². The fraction of sp³-hybridized carbons (Fsp3) is 0.400. The second-order valence-electron chi connectivity index (χ2n) is 2.92. The van der Waals surface area contributed by atoms with Gasteiger partial charge in [0.05, 0.1) is 0 Å². The standard InChI is InChI=1S/C10H14ClN/c1-8-7-10(11)4-3-9(8)5-6-12-2/h3-4,7,12H,5-6H2,1-2H3. The molecule has 0 fully saturated rings. The van der Waals surface area contributed by atoms with Gasteiger partial charge in [0.15, 0.2) is 0 Å². The van der Waals surface area contributed by atoms with Gasteiger partial charge < -0.3 is 5.32 Å². The quantitative estimate of drug-likeness (QED) is 0.759. The molecule has 0 spiro atoms. The Labute approximate surface area is 78.7 Å². The number of hydrogen-bond donors (Lipinski definition) is 1. The predicted octanol–water partition coefficient (Wildman–Crippen LogP) is 2.41. The SMILES string of the molecule is CNCCc1ccc(Cl)cc1C. The molecule has 0 bridgehead atoms. The Morgan fingerprint density at radius 1 is 1.42 bits per heavy atom. The molecule has 0 unspecified atom stereocenters. The largest absolute Gasteiger partial charge is 0.319 e. The lowest BCUT2D eigenvalue weighted by atomic mass is 10.1. The molecule has 1 N–H and O–H groups in total. The van der Waals surface area contributed by atoms with Crippen LogP contribution in [0.5, 0.6) is 0 Å². The van der Waals surface area contributed by atoms with Crippen LogP contribution >= 0.6 is 11.6 Å². The zero-order chi connectivity index (χ0) is 8.97. The maximum Gasteiger partial charge on any atom is 0.0408 e. The highest BCUT2D eigenvalue weighted by atomic mass is 35.5. The van der Waals surface area contributed by atoms with Gasteiger partial charge in [-0.1, -0.05) is 17.7 Å². The molecule has 1 rings (SSSR count).